The number of halogens is 3. The summed E-state index contributed by atoms with van der Waals surface area (Å²) in [6, 6.07) is 4.66. The molecule has 0 radical (unpaired) electrons. The number of aryl methyl sites for hydroxylation is 1. The summed E-state index contributed by atoms with van der Waals surface area (Å²) in [5.41, 5.74) is 0.335. The summed E-state index contributed by atoms with van der Waals surface area (Å²) < 4.78 is 44.9. The molecular weight excluding hydrogens is 543 g/mol. The summed E-state index contributed by atoms with van der Waals surface area (Å²) in [6.45, 7) is 6.72. The average Bonchev–Trinajstić information content (AvgIpc) is 3.47. The second kappa shape index (κ2) is 11.2. The second-order valence-corrected chi connectivity index (χ2v) is 11.6. The van der Waals surface area contributed by atoms with Gasteiger partial charge in [0.2, 0.25) is 11.8 Å². The third-order valence-corrected chi connectivity index (χ3v) is 7.50. The number of aromatic amines is 1. The minimum absolute atomic E-state index is 0.0697. The highest BCUT2D eigenvalue weighted by molar-refractivity contribution is 5.94. The van der Waals surface area contributed by atoms with E-state index in [4.69, 9.17) is 4.74 Å². The van der Waals surface area contributed by atoms with Crippen LogP contribution >= 0.6 is 0 Å². The van der Waals surface area contributed by atoms with Crippen molar-refractivity contribution in [3.63, 3.8) is 0 Å². The lowest BCUT2D eigenvalue weighted by molar-refractivity contribution is -0.176. The summed E-state index contributed by atoms with van der Waals surface area (Å²) in [5, 5.41) is 15.0. The fraction of sp³-hybridized carbons (Fsp3) is 0.536. The smallest absolute Gasteiger partial charge is 0.376 e. The molecule has 3 heterocycles. The third-order valence-electron chi connectivity index (χ3n) is 7.50. The summed E-state index contributed by atoms with van der Waals surface area (Å²) in [6.07, 6.45) is -5.42. The Morgan fingerprint density at radius 3 is 2.54 bits per heavy atom. The number of nitrogens with one attached hydrogen (secondary N) is 3. The molecule has 2 unspecified atom stereocenters. The number of carbonyl (C=O) groups is 3. The van der Waals surface area contributed by atoms with Crippen molar-refractivity contribution in [3.05, 3.63) is 45.7 Å². The van der Waals surface area contributed by atoms with Crippen LogP contribution in [0.2, 0.25) is 0 Å². The van der Waals surface area contributed by atoms with Crippen LogP contribution in [0, 0.1) is 23.7 Å². The lowest BCUT2D eigenvalue weighted by Crippen LogP contribution is -2.61. The number of amides is 3. The number of carbonyl (C=O) groups excluding carboxylic acids is 3. The van der Waals surface area contributed by atoms with Gasteiger partial charge < -0.3 is 25.3 Å². The van der Waals surface area contributed by atoms with Crippen LogP contribution in [-0.4, -0.2) is 70.7 Å². The van der Waals surface area contributed by atoms with Crippen LogP contribution in [-0.2, 0) is 25.5 Å². The number of rotatable bonds is 6. The Morgan fingerprint density at radius 1 is 1.20 bits per heavy atom. The first-order chi connectivity index (χ1) is 19.1. The fourth-order valence-corrected chi connectivity index (χ4v) is 5.45. The van der Waals surface area contributed by atoms with E-state index in [0.29, 0.717) is 18.5 Å². The highest BCUT2D eigenvalue weighted by atomic mass is 19.4. The molecule has 220 valence electrons. The number of nitrogens with zero attached hydrogens (tertiary/aromatic N) is 2. The van der Waals surface area contributed by atoms with E-state index in [1.807, 2.05) is 25.1 Å². The summed E-state index contributed by atoms with van der Waals surface area (Å²) in [4.78, 5) is 55.6. The molecule has 3 amide bonds. The van der Waals surface area contributed by atoms with Crippen molar-refractivity contribution in [1.82, 2.24) is 20.5 Å². The number of pyridine rings is 1. The van der Waals surface area contributed by atoms with Gasteiger partial charge in [-0.2, -0.15) is 18.4 Å². The van der Waals surface area contributed by atoms with Gasteiger partial charge in [0.1, 0.15) is 18.1 Å². The maximum Gasteiger partial charge on any atom is 0.471 e. The van der Waals surface area contributed by atoms with Crippen molar-refractivity contribution in [1.29, 1.82) is 5.26 Å². The van der Waals surface area contributed by atoms with E-state index in [2.05, 4.69) is 10.3 Å². The first kappa shape index (κ1) is 30.0. The molecule has 2 aromatic rings. The largest absolute Gasteiger partial charge is 0.471 e. The fourth-order valence-electron chi connectivity index (χ4n) is 5.45. The van der Waals surface area contributed by atoms with Crippen LogP contribution in [0.5, 0.6) is 0 Å². The molecule has 2 saturated heterocycles. The number of fused-ring (bicyclic) bond motifs is 2. The topological polar surface area (TPSA) is 144 Å². The van der Waals surface area contributed by atoms with Gasteiger partial charge in [-0.15, -0.1) is 0 Å². The molecule has 4 rings (SSSR count). The Morgan fingerprint density at radius 2 is 1.90 bits per heavy atom. The summed E-state index contributed by atoms with van der Waals surface area (Å²) >= 11 is 0. The predicted molar refractivity (Wildman–Crippen MR) is 141 cm³/mol. The van der Waals surface area contributed by atoms with Gasteiger partial charge in [0.15, 0.2) is 0 Å². The molecule has 1 aromatic carbocycles. The van der Waals surface area contributed by atoms with Crippen LogP contribution in [0.1, 0.15) is 44.7 Å². The number of hydrogen-bond acceptors (Lipinski definition) is 6. The average molecular weight is 576 g/mol. The molecule has 13 heteroatoms. The normalized spacial score (nSPS) is 22.1. The molecule has 1 aromatic heterocycles. The number of nitriles is 1. The van der Waals surface area contributed by atoms with Gasteiger partial charge in [0.25, 0.3) is 5.56 Å². The quantitative estimate of drug-likeness (QED) is 0.482. The van der Waals surface area contributed by atoms with Crippen molar-refractivity contribution >= 4 is 28.6 Å². The third kappa shape index (κ3) is 6.37. The molecule has 5 atom stereocenters. The number of aromatic nitrogens is 1. The van der Waals surface area contributed by atoms with Crippen molar-refractivity contribution < 1.29 is 32.3 Å². The van der Waals surface area contributed by atoms with Crippen molar-refractivity contribution in [2.45, 2.75) is 83.4 Å². The predicted octanol–water partition coefficient (Wildman–Crippen LogP) is 2.24. The number of ether oxygens (including phenoxy) is 1. The molecule has 2 fully saturated rings. The van der Waals surface area contributed by atoms with E-state index in [9.17, 15) is 37.6 Å². The lowest BCUT2D eigenvalue weighted by atomic mass is 9.85. The number of hydrogen-bond donors (Lipinski definition) is 3. The molecule has 2 aliphatic rings. The van der Waals surface area contributed by atoms with Gasteiger partial charge in [-0.05, 0) is 42.3 Å². The molecule has 0 bridgehead atoms. The maximum atomic E-state index is 13.8. The van der Waals surface area contributed by atoms with Crippen molar-refractivity contribution in [2.24, 2.45) is 5.41 Å². The Balaban J connectivity index is 1.57. The zero-order chi connectivity index (χ0) is 30.3. The Kier molecular flexibility index (Phi) is 8.18. The summed E-state index contributed by atoms with van der Waals surface area (Å²) in [5.74, 6) is -3.81. The highest BCUT2D eigenvalue weighted by Crippen LogP contribution is 2.36. The summed E-state index contributed by atoms with van der Waals surface area (Å²) in [7, 11) is 0. The molecular formula is C28H32F3N5O5. The SMILES string of the molecule is Cc1ccc2[nH]c(=O)c(C[C@@H](C#N)NC(=O)C3C[C@H]4OCC[C@H]4N3C(=O)C(NC(=O)C(F)(F)F)C(C)(C)C)cc2c1. The van der Waals surface area contributed by atoms with Gasteiger partial charge in [-0.1, -0.05) is 32.4 Å². The van der Waals surface area contributed by atoms with Gasteiger partial charge in [0, 0.05) is 30.5 Å². The van der Waals surface area contributed by atoms with E-state index < -0.39 is 65.1 Å². The minimum atomic E-state index is -5.20. The first-order valence-corrected chi connectivity index (χ1v) is 13.2. The van der Waals surface area contributed by atoms with Crippen molar-refractivity contribution in [3.8, 4) is 6.07 Å². The van der Waals surface area contributed by atoms with E-state index in [-0.39, 0.29) is 18.4 Å². The van der Waals surface area contributed by atoms with Gasteiger partial charge in [-0.3, -0.25) is 19.2 Å². The van der Waals surface area contributed by atoms with E-state index >= 15 is 0 Å². The number of H-pyrrole nitrogens is 1. The molecule has 41 heavy (non-hydrogen) atoms. The Hall–Kier alpha value is -3.92. The van der Waals surface area contributed by atoms with Crippen LogP contribution in [0.25, 0.3) is 10.9 Å². The van der Waals surface area contributed by atoms with Gasteiger partial charge in [-0.25, -0.2) is 0 Å². The number of alkyl halides is 3. The molecule has 0 saturated carbocycles. The Labute approximate surface area is 234 Å². The molecule has 2 aliphatic heterocycles. The lowest BCUT2D eigenvalue weighted by Gasteiger charge is -2.37. The zero-order valence-electron chi connectivity index (χ0n) is 23.1. The second-order valence-electron chi connectivity index (χ2n) is 11.6. The van der Waals surface area contributed by atoms with E-state index in [0.717, 1.165) is 10.9 Å². The molecule has 3 N–H and O–H groups in total. The molecule has 0 aliphatic carbocycles. The van der Waals surface area contributed by atoms with Crippen LogP contribution in [0.15, 0.2) is 29.1 Å². The van der Waals surface area contributed by atoms with Gasteiger partial charge >= 0.3 is 12.1 Å². The van der Waals surface area contributed by atoms with E-state index in [1.54, 1.807) is 17.4 Å². The molecule has 0 spiro atoms. The van der Waals surface area contributed by atoms with Gasteiger partial charge in [0.05, 0.1) is 18.2 Å². The van der Waals surface area contributed by atoms with Crippen LogP contribution in [0.3, 0.4) is 0 Å². The highest BCUT2D eigenvalue weighted by Gasteiger charge is 2.53. The standard InChI is InChI=1S/C28H32F3N5O5/c1-14-5-6-18-15(9-14)10-16(23(37)34-18)11-17(13-32)33-24(38)20-12-21-19(7-8-41-21)36(20)25(39)22(27(2,3)4)35-26(40)28(29,30)31/h5-6,9-10,17,19-22H,7-8,11-12H2,1-4H3,(H,33,38)(H,34,37)(H,35,40)/t17-,19+,20?,21+,22?/m0/s1. The minimum Gasteiger partial charge on any atom is -0.376 e. The van der Waals surface area contributed by atoms with Crippen LogP contribution < -0.4 is 16.2 Å². The van der Waals surface area contributed by atoms with E-state index in [1.165, 1.54) is 25.7 Å². The number of likely N-dealkylation sites (tertiary alicyclic amines) is 1. The Bertz CT molecular complexity index is 1460. The molecule has 10 nitrogen and oxygen atoms in total. The van der Waals surface area contributed by atoms with Crippen molar-refractivity contribution in [2.75, 3.05) is 6.61 Å². The zero-order valence-corrected chi connectivity index (χ0v) is 23.1. The first-order valence-electron chi connectivity index (χ1n) is 13.2. The van der Waals surface area contributed by atoms with Crippen LogP contribution in [0.4, 0.5) is 13.2 Å². The monoisotopic (exact) mass is 575 g/mol. The maximum absolute atomic E-state index is 13.8. The number of benzene rings is 1.